The number of halogens is 3. The summed E-state index contributed by atoms with van der Waals surface area (Å²) in [6.07, 6.45) is -2.65. The van der Waals surface area contributed by atoms with Crippen molar-refractivity contribution in [2.45, 2.75) is 38.9 Å². The molecule has 1 aromatic rings. The molecule has 1 heterocycles. The van der Waals surface area contributed by atoms with Gasteiger partial charge in [0.25, 0.3) is 0 Å². The molecule has 0 aliphatic carbocycles. The second-order valence-corrected chi connectivity index (χ2v) is 4.89. The molecule has 1 atom stereocenters. The molecule has 110 valence electrons. The summed E-state index contributed by atoms with van der Waals surface area (Å²) in [5, 5.41) is 1.70. The van der Waals surface area contributed by atoms with Crippen LogP contribution in [0, 0.1) is 0 Å². The van der Waals surface area contributed by atoms with Crippen molar-refractivity contribution in [1.82, 2.24) is 5.43 Å². The highest BCUT2D eigenvalue weighted by Crippen LogP contribution is 2.31. The number of hydrogen-bond acceptors (Lipinski definition) is 2. The van der Waals surface area contributed by atoms with Crippen LogP contribution in [0.25, 0.3) is 0 Å². The highest BCUT2D eigenvalue weighted by atomic mass is 19.4. The Morgan fingerprint density at radius 2 is 2.15 bits per heavy atom. The number of hydrogen-bond donors (Lipinski definition) is 1. The van der Waals surface area contributed by atoms with Crippen molar-refractivity contribution in [3.05, 3.63) is 29.8 Å². The molecule has 0 bridgehead atoms. The molecule has 1 aliphatic heterocycles. The van der Waals surface area contributed by atoms with Crippen molar-refractivity contribution < 1.29 is 13.2 Å². The summed E-state index contributed by atoms with van der Waals surface area (Å²) in [6, 6.07) is 5.53. The van der Waals surface area contributed by atoms with Gasteiger partial charge in [-0.3, -0.25) is 15.4 Å². The molecule has 1 fully saturated rings. The van der Waals surface area contributed by atoms with Gasteiger partial charge < -0.3 is 0 Å². The predicted octanol–water partition coefficient (Wildman–Crippen LogP) is 3.62. The molecule has 1 unspecified atom stereocenters. The Kier molecular flexibility index (Phi) is 4.20. The minimum Gasteiger partial charge on any atom is -0.286 e. The van der Waals surface area contributed by atoms with Crippen molar-refractivity contribution >= 4 is 11.5 Å². The molecule has 0 saturated carbocycles. The van der Waals surface area contributed by atoms with Crippen molar-refractivity contribution in [1.29, 1.82) is 0 Å². The lowest BCUT2D eigenvalue weighted by Gasteiger charge is -2.19. The third kappa shape index (κ3) is 3.43. The fraction of sp³-hybridized carbons (Fsp3) is 0.500. The number of rotatable bonds is 3. The fourth-order valence-electron chi connectivity index (χ4n) is 1.98. The van der Waals surface area contributed by atoms with E-state index in [1.54, 1.807) is 11.1 Å². The number of anilines is 1. The van der Waals surface area contributed by atoms with Gasteiger partial charge in [-0.05, 0) is 31.5 Å². The normalized spacial score (nSPS) is 19.2. The van der Waals surface area contributed by atoms with Gasteiger partial charge >= 0.3 is 6.18 Å². The summed E-state index contributed by atoms with van der Waals surface area (Å²) in [7, 11) is 0. The molecule has 6 heteroatoms. The van der Waals surface area contributed by atoms with Gasteiger partial charge in [0.2, 0.25) is 0 Å². The molecule has 0 spiro atoms. The summed E-state index contributed by atoms with van der Waals surface area (Å²) in [5.74, 6) is 0.830. The summed E-state index contributed by atoms with van der Waals surface area (Å²) in [5.41, 5.74) is 2.94. The zero-order chi connectivity index (χ0) is 14.8. The number of alkyl halides is 3. The monoisotopic (exact) mass is 285 g/mol. The molecule has 1 N–H and O–H groups in total. The van der Waals surface area contributed by atoms with Gasteiger partial charge in [0.15, 0.2) is 0 Å². The lowest BCUT2D eigenvalue weighted by molar-refractivity contribution is -0.137. The molecule has 1 aromatic carbocycles. The average Bonchev–Trinajstić information content (AvgIpc) is 2.86. The van der Waals surface area contributed by atoms with Gasteiger partial charge in [0, 0.05) is 19.0 Å². The standard InChI is InChI=1S/C14H18F3N3/c1-3-10(2)18-13-7-8-20(19-13)12-6-4-5-11(9-12)14(15,16)17/h4-6,9-10H,3,7-8H2,1-2H3,(H,18,19). The summed E-state index contributed by atoms with van der Waals surface area (Å²) >= 11 is 0. The maximum absolute atomic E-state index is 12.7. The number of hydrazine groups is 1. The Morgan fingerprint density at radius 3 is 2.80 bits per heavy atom. The lowest BCUT2D eigenvalue weighted by atomic mass is 10.2. The van der Waals surface area contributed by atoms with Crippen molar-refractivity contribution in [3.63, 3.8) is 0 Å². The third-order valence-corrected chi connectivity index (χ3v) is 3.29. The summed E-state index contributed by atoms with van der Waals surface area (Å²) in [6.45, 7) is 4.69. The van der Waals surface area contributed by atoms with E-state index < -0.39 is 11.7 Å². The van der Waals surface area contributed by atoms with E-state index in [4.69, 9.17) is 0 Å². The fourth-order valence-corrected chi connectivity index (χ4v) is 1.98. The number of benzene rings is 1. The second kappa shape index (κ2) is 5.73. The van der Waals surface area contributed by atoms with Crippen LogP contribution in [0.1, 0.15) is 32.3 Å². The topological polar surface area (TPSA) is 27.6 Å². The van der Waals surface area contributed by atoms with Gasteiger partial charge in [0.1, 0.15) is 5.84 Å². The first kappa shape index (κ1) is 14.7. The van der Waals surface area contributed by atoms with Crippen molar-refractivity contribution in [2.75, 3.05) is 11.6 Å². The molecule has 0 radical (unpaired) electrons. The van der Waals surface area contributed by atoms with Gasteiger partial charge in [0.05, 0.1) is 11.3 Å². The van der Waals surface area contributed by atoms with E-state index in [-0.39, 0.29) is 6.04 Å². The van der Waals surface area contributed by atoms with E-state index >= 15 is 0 Å². The highest BCUT2D eigenvalue weighted by molar-refractivity contribution is 5.87. The zero-order valence-corrected chi connectivity index (χ0v) is 11.5. The van der Waals surface area contributed by atoms with Gasteiger partial charge in [-0.25, -0.2) is 0 Å². The predicted molar refractivity (Wildman–Crippen MR) is 73.7 cm³/mol. The van der Waals surface area contributed by atoms with Crippen LogP contribution >= 0.6 is 0 Å². The molecular weight excluding hydrogens is 267 g/mol. The van der Waals surface area contributed by atoms with Crippen molar-refractivity contribution in [3.8, 4) is 0 Å². The smallest absolute Gasteiger partial charge is 0.286 e. The van der Waals surface area contributed by atoms with Crippen LogP contribution in [0.3, 0.4) is 0 Å². The first-order chi connectivity index (χ1) is 9.40. The lowest BCUT2D eigenvalue weighted by Crippen LogP contribution is -2.33. The van der Waals surface area contributed by atoms with E-state index in [9.17, 15) is 13.2 Å². The van der Waals surface area contributed by atoms with Crippen LogP contribution < -0.4 is 10.4 Å². The minimum atomic E-state index is -4.32. The Bertz CT molecular complexity index is 497. The molecule has 3 nitrogen and oxygen atoms in total. The second-order valence-electron chi connectivity index (χ2n) is 4.89. The molecule has 1 saturated heterocycles. The van der Waals surface area contributed by atoms with E-state index in [2.05, 4.69) is 10.4 Å². The van der Waals surface area contributed by atoms with E-state index in [1.165, 1.54) is 6.07 Å². The molecule has 1 aliphatic rings. The quantitative estimate of drug-likeness (QED) is 0.918. The maximum Gasteiger partial charge on any atom is 0.416 e. The summed E-state index contributed by atoms with van der Waals surface area (Å²) < 4.78 is 38.1. The molecule has 0 amide bonds. The zero-order valence-electron chi connectivity index (χ0n) is 11.5. The molecular formula is C14H18F3N3. The Labute approximate surface area is 116 Å². The largest absolute Gasteiger partial charge is 0.416 e. The van der Waals surface area contributed by atoms with Crippen LogP contribution in [-0.2, 0) is 6.18 Å². The highest BCUT2D eigenvalue weighted by Gasteiger charge is 2.31. The van der Waals surface area contributed by atoms with E-state index in [0.29, 0.717) is 12.2 Å². The first-order valence-electron chi connectivity index (χ1n) is 6.68. The van der Waals surface area contributed by atoms with Crippen LogP contribution in [0.15, 0.2) is 29.3 Å². The average molecular weight is 285 g/mol. The Balaban J connectivity index is 2.13. The number of aliphatic imine (C=N–C) groups is 1. The van der Waals surface area contributed by atoms with Gasteiger partial charge in [-0.1, -0.05) is 13.0 Å². The Morgan fingerprint density at radius 1 is 1.40 bits per heavy atom. The summed E-state index contributed by atoms with van der Waals surface area (Å²) in [4.78, 5) is 4.48. The molecule has 20 heavy (non-hydrogen) atoms. The van der Waals surface area contributed by atoms with Crippen LogP contribution in [0.4, 0.5) is 18.9 Å². The number of nitrogens with zero attached hydrogens (tertiary/aromatic N) is 2. The van der Waals surface area contributed by atoms with Gasteiger partial charge in [-0.2, -0.15) is 13.2 Å². The number of nitrogens with one attached hydrogen (secondary N) is 1. The van der Waals surface area contributed by atoms with E-state index in [0.717, 1.165) is 30.8 Å². The first-order valence-corrected chi connectivity index (χ1v) is 6.68. The maximum atomic E-state index is 12.7. The Hall–Kier alpha value is -1.72. The third-order valence-electron chi connectivity index (χ3n) is 3.29. The number of amidine groups is 1. The van der Waals surface area contributed by atoms with Crippen LogP contribution in [-0.4, -0.2) is 18.4 Å². The van der Waals surface area contributed by atoms with Crippen LogP contribution in [0.5, 0.6) is 0 Å². The van der Waals surface area contributed by atoms with Gasteiger partial charge in [-0.15, -0.1) is 0 Å². The van der Waals surface area contributed by atoms with E-state index in [1.807, 2.05) is 13.8 Å². The molecule has 0 aromatic heterocycles. The van der Waals surface area contributed by atoms with Crippen molar-refractivity contribution in [2.24, 2.45) is 4.99 Å². The minimum absolute atomic E-state index is 0.221. The SMILES string of the molecule is CCC(C)N=C1CCN(c2cccc(C(F)(F)F)c2)N1. The molecule has 2 rings (SSSR count). The van der Waals surface area contributed by atoms with Crippen LogP contribution in [0.2, 0.25) is 0 Å².